The van der Waals surface area contributed by atoms with Crippen LogP contribution in [0, 0.1) is 5.92 Å². The summed E-state index contributed by atoms with van der Waals surface area (Å²) in [5.41, 5.74) is 8.52. The van der Waals surface area contributed by atoms with Crippen LogP contribution in [-0.4, -0.2) is 17.2 Å². The summed E-state index contributed by atoms with van der Waals surface area (Å²) in [6, 6.07) is 8.83. The molecule has 37 heavy (non-hydrogen) atoms. The fourth-order valence-corrected chi connectivity index (χ4v) is 7.70. The van der Waals surface area contributed by atoms with Crippen molar-refractivity contribution in [1.82, 2.24) is 0 Å². The standard InChI is InChI=1S/C32H36N2OS2/c1-8-10-22-19(7)21-16-24-28(31(35)23(33-24)11-9-2)29(30(21)34-22)26-13-12-25(36-26)27-15-20(14-17(3)4)32(37-27)18(5)6/h12-13,15-18H,7-11,14H2,1-6H3. The van der Waals surface area contributed by atoms with E-state index < -0.39 is 0 Å². The summed E-state index contributed by atoms with van der Waals surface area (Å²) in [5, 5.41) is 0. The molecule has 0 unspecified atom stereocenters. The van der Waals surface area contributed by atoms with Gasteiger partial charge in [0, 0.05) is 36.3 Å². The molecule has 0 bridgehead atoms. The Morgan fingerprint density at radius 1 is 0.865 bits per heavy atom. The van der Waals surface area contributed by atoms with Gasteiger partial charge in [0.25, 0.3) is 0 Å². The monoisotopic (exact) mass is 528 g/mol. The highest BCUT2D eigenvalue weighted by Crippen LogP contribution is 2.52. The molecule has 0 amide bonds. The molecule has 0 radical (unpaired) electrons. The molecule has 0 saturated carbocycles. The van der Waals surface area contributed by atoms with Crippen molar-refractivity contribution < 1.29 is 4.79 Å². The smallest absolute Gasteiger partial charge is 0.210 e. The van der Waals surface area contributed by atoms with Gasteiger partial charge in [-0.1, -0.05) is 61.0 Å². The van der Waals surface area contributed by atoms with Crippen molar-refractivity contribution in [1.29, 1.82) is 0 Å². The molecule has 4 heterocycles. The lowest BCUT2D eigenvalue weighted by molar-refractivity contribution is 0.106. The van der Waals surface area contributed by atoms with Crippen molar-refractivity contribution in [3.05, 3.63) is 52.4 Å². The number of allylic oxidation sites excluding steroid dienone is 1. The Hall–Kier alpha value is -2.63. The van der Waals surface area contributed by atoms with Crippen LogP contribution in [-0.2, 0) is 6.42 Å². The molecule has 5 heteroatoms. The number of ketones is 1. The molecule has 0 N–H and O–H groups in total. The van der Waals surface area contributed by atoms with E-state index in [1.165, 1.54) is 20.2 Å². The summed E-state index contributed by atoms with van der Waals surface area (Å²) in [6.07, 6.45) is 4.60. The van der Waals surface area contributed by atoms with Crippen molar-refractivity contribution in [2.24, 2.45) is 15.9 Å². The average molecular weight is 529 g/mol. The number of hydrogen-bond acceptors (Lipinski definition) is 5. The van der Waals surface area contributed by atoms with Crippen LogP contribution in [0.15, 0.2) is 40.8 Å². The SMILES string of the molecule is C=C1C(CCC)=Nc2c1cc1c(c2-c2ccc(-c3cc(CC(C)C)c(C(C)C)s3)s2)C(=O)C(CCC)=N1. The lowest BCUT2D eigenvalue weighted by Crippen LogP contribution is -2.10. The lowest BCUT2D eigenvalue weighted by atomic mass is 9.92. The number of carbonyl (C=O) groups excluding carboxylic acids is 1. The van der Waals surface area contributed by atoms with Gasteiger partial charge in [-0.05, 0) is 66.5 Å². The van der Waals surface area contributed by atoms with Crippen molar-refractivity contribution in [3.63, 3.8) is 0 Å². The normalized spacial score (nSPS) is 14.6. The summed E-state index contributed by atoms with van der Waals surface area (Å²) in [7, 11) is 0. The van der Waals surface area contributed by atoms with Crippen LogP contribution in [0.2, 0.25) is 0 Å². The van der Waals surface area contributed by atoms with Gasteiger partial charge in [0.05, 0.1) is 22.6 Å². The number of aliphatic imine (C=N–C) groups is 2. The predicted octanol–water partition coefficient (Wildman–Crippen LogP) is 10.4. The van der Waals surface area contributed by atoms with Crippen molar-refractivity contribution in [2.75, 3.05) is 0 Å². The maximum absolute atomic E-state index is 13.6. The summed E-state index contributed by atoms with van der Waals surface area (Å²) in [6.45, 7) is 17.8. The van der Waals surface area contributed by atoms with E-state index >= 15 is 0 Å². The third kappa shape index (κ3) is 4.61. The number of thiophene rings is 2. The highest BCUT2D eigenvalue weighted by molar-refractivity contribution is 7.24. The summed E-state index contributed by atoms with van der Waals surface area (Å²) in [4.78, 5) is 28.6. The lowest BCUT2D eigenvalue weighted by Gasteiger charge is -2.11. The van der Waals surface area contributed by atoms with E-state index in [1.54, 1.807) is 11.3 Å². The van der Waals surface area contributed by atoms with Gasteiger partial charge in [0.2, 0.25) is 5.78 Å². The number of nitrogens with zero attached hydrogens (tertiary/aromatic N) is 2. The molecule has 3 aromatic rings. The zero-order chi connectivity index (χ0) is 26.4. The Morgan fingerprint density at radius 2 is 1.57 bits per heavy atom. The zero-order valence-electron chi connectivity index (χ0n) is 22.8. The highest BCUT2D eigenvalue weighted by Gasteiger charge is 2.34. The minimum Gasteiger partial charge on any atom is -0.287 e. The number of rotatable bonds is 9. The minimum atomic E-state index is 0.0618. The number of benzene rings is 1. The summed E-state index contributed by atoms with van der Waals surface area (Å²) in [5.74, 6) is 1.20. The Balaban J connectivity index is 1.64. The number of carbonyl (C=O) groups is 1. The largest absolute Gasteiger partial charge is 0.287 e. The van der Waals surface area contributed by atoms with Crippen LogP contribution in [0.3, 0.4) is 0 Å². The third-order valence-corrected chi connectivity index (χ3v) is 9.78. The van der Waals surface area contributed by atoms with Crippen LogP contribution in [0.4, 0.5) is 11.4 Å². The molecule has 0 saturated heterocycles. The average Bonchev–Trinajstić information content (AvgIpc) is 3.61. The second-order valence-corrected chi connectivity index (χ2v) is 13.1. The first-order chi connectivity index (χ1) is 17.7. The maximum Gasteiger partial charge on any atom is 0.210 e. The van der Waals surface area contributed by atoms with E-state index in [0.29, 0.717) is 24.0 Å². The molecule has 2 aliphatic rings. The first kappa shape index (κ1) is 26.0. The number of hydrogen-bond donors (Lipinski definition) is 0. The maximum atomic E-state index is 13.6. The van der Waals surface area contributed by atoms with Crippen molar-refractivity contribution >= 4 is 56.8 Å². The quantitative estimate of drug-likeness (QED) is 0.272. The van der Waals surface area contributed by atoms with E-state index in [-0.39, 0.29) is 5.78 Å². The fraction of sp³-hybridized carbons (Fsp3) is 0.406. The van der Waals surface area contributed by atoms with Gasteiger partial charge in [0.1, 0.15) is 0 Å². The first-order valence-electron chi connectivity index (χ1n) is 13.6. The summed E-state index contributed by atoms with van der Waals surface area (Å²) < 4.78 is 0. The Bertz CT molecular complexity index is 1460. The zero-order valence-corrected chi connectivity index (χ0v) is 24.5. The molecule has 2 aromatic heterocycles. The molecule has 0 atom stereocenters. The van der Waals surface area contributed by atoms with Crippen LogP contribution in [0.5, 0.6) is 0 Å². The van der Waals surface area contributed by atoms with E-state index in [0.717, 1.165) is 69.9 Å². The molecule has 0 spiro atoms. The Morgan fingerprint density at radius 3 is 2.24 bits per heavy atom. The Kier molecular flexibility index (Phi) is 7.21. The van der Waals surface area contributed by atoms with E-state index in [4.69, 9.17) is 9.98 Å². The second-order valence-electron chi connectivity index (χ2n) is 10.9. The molecule has 2 aliphatic heterocycles. The van der Waals surface area contributed by atoms with Gasteiger partial charge in [-0.15, -0.1) is 22.7 Å². The number of fused-ring (bicyclic) bond motifs is 2. The Labute approximate surface area is 229 Å². The molecule has 1 aromatic carbocycles. The molecule has 0 aliphatic carbocycles. The van der Waals surface area contributed by atoms with Crippen molar-refractivity contribution in [3.8, 4) is 20.2 Å². The van der Waals surface area contributed by atoms with Gasteiger partial charge >= 0.3 is 0 Å². The third-order valence-electron chi connectivity index (χ3n) is 7.01. The summed E-state index contributed by atoms with van der Waals surface area (Å²) >= 11 is 3.68. The van der Waals surface area contributed by atoms with Gasteiger partial charge < -0.3 is 0 Å². The van der Waals surface area contributed by atoms with Crippen LogP contribution >= 0.6 is 22.7 Å². The van der Waals surface area contributed by atoms with Crippen molar-refractivity contribution in [2.45, 2.75) is 79.6 Å². The van der Waals surface area contributed by atoms with Gasteiger partial charge in [-0.2, -0.15) is 0 Å². The topological polar surface area (TPSA) is 41.8 Å². The van der Waals surface area contributed by atoms with Gasteiger partial charge in [0.15, 0.2) is 0 Å². The van der Waals surface area contributed by atoms with Crippen LogP contribution in [0.25, 0.3) is 25.8 Å². The van der Waals surface area contributed by atoms with Gasteiger partial charge in [-0.25, -0.2) is 4.99 Å². The number of Topliss-reactive ketones (excluding diaryl/α,β-unsaturated/α-hetero) is 1. The minimum absolute atomic E-state index is 0.0618. The first-order valence-corrected chi connectivity index (χ1v) is 15.2. The van der Waals surface area contributed by atoms with Crippen LogP contribution in [0.1, 0.15) is 99.5 Å². The van der Waals surface area contributed by atoms with Gasteiger partial charge in [-0.3, -0.25) is 9.79 Å². The second kappa shape index (κ2) is 10.3. The van der Waals surface area contributed by atoms with E-state index in [9.17, 15) is 4.79 Å². The van der Waals surface area contributed by atoms with Crippen LogP contribution < -0.4 is 0 Å². The van der Waals surface area contributed by atoms with E-state index in [1.807, 2.05) is 17.4 Å². The predicted molar refractivity (Wildman–Crippen MR) is 163 cm³/mol. The highest BCUT2D eigenvalue weighted by atomic mass is 32.1. The molecular formula is C32H36N2OS2. The molecule has 192 valence electrons. The fourth-order valence-electron chi connectivity index (χ4n) is 5.37. The molecular weight excluding hydrogens is 492 g/mol. The molecule has 5 rings (SSSR count). The molecule has 0 fully saturated rings. The van der Waals surface area contributed by atoms with E-state index in [2.05, 4.69) is 66.3 Å². The molecule has 3 nitrogen and oxygen atoms in total.